The summed E-state index contributed by atoms with van der Waals surface area (Å²) in [5.41, 5.74) is 7.60. The quantitative estimate of drug-likeness (QED) is 0.246. The van der Waals surface area contributed by atoms with Gasteiger partial charge in [-0.1, -0.05) is 36.4 Å². The average Bonchev–Trinajstić information content (AvgIpc) is 2.90. The molecule has 0 spiro atoms. The smallest absolute Gasteiger partial charge is 0.326 e. The van der Waals surface area contributed by atoms with Gasteiger partial charge in [-0.05, 0) is 92.2 Å². The van der Waals surface area contributed by atoms with Crippen LogP contribution in [0.2, 0.25) is 0 Å². The van der Waals surface area contributed by atoms with Gasteiger partial charge >= 0.3 is 8.38 Å². The summed E-state index contributed by atoms with van der Waals surface area (Å²) in [6.07, 6.45) is 0. The van der Waals surface area contributed by atoms with Crippen molar-refractivity contribution in [3.8, 4) is 45.3 Å². The molecule has 0 radical (unpaired) electrons. The van der Waals surface area contributed by atoms with Crippen LogP contribution in [0.15, 0.2) is 72.8 Å². The second-order valence-corrected chi connectivity index (χ2v) is 10.8. The Morgan fingerprint density at radius 1 is 0.730 bits per heavy atom. The highest BCUT2D eigenvalue weighted by atomic mass is 31.2. The molecule has 0 aromatic heterocycles. The fraction of sp³-hybridized carbons (Fsp3) is 0.226. The van der Waals surface area contributed by atoms with E-state index in [9.17, 15) is 0 Å². The molecule has 0 fully saturated rings. The Labute approximate surface area is 220 Å². The topological polar surface area (TPSA) is 40.2 Å². The minimum Gasteiger partial charge on any atom is -0.497 e. The van der Waals surface area contributed by atoms with Gasteiger partial charge in [0.25, 0.3) is 0 Å². The minimum absolute atomic E-state index is 0.777. The third kappa shape index (κ3) is 4.90. The summed E-state index contributed by atoms with van der Waals surface area (Å²) in [5.74, 6) is 3.21. The van der Waals surface area contributed by atoms with E-state index in [1.54, 1.807) is 14.2 Å². The number of hydrogen-bond acceptors (Lipinski definition) is 5. The zero-order valence-corrected chi connectivity index (χ0v) is 23.1. The Balaban J connectivity index is 1.68. The van der Waals surface area contributed by atoms with E-state index in [0.717, 1.165) is 68.2 Å². The van der Waals surface area contributed by atoms with E-state index in [0.29, 0.717) is 0 Å². The van der Waals surface area contributed by atoms with Crippen LogP contribution in [0, 0.1) is 13.8 Å². The molecule has 1 atom stereocenters. The van der Waals surface area contributed by atoms with Crippen molar-refractivity contribution in [3.05, 3.63) is 89.5 Å². The summed E-state index contributed by atoms with van der Waals surface area (Å²) in [6, 6.07) is 24.7. The van der Waals surface area contributed by atoms with E-state index >= 15 is 0 Å². The number of hydrogen-bond donors (Lipinski definition) is 0. The normalized spacial score (nSPS) is 14.0. The number of aryl methyl sites for hydroxylation is 2. The molecule has 0 amide bonds. The molecule has 5 nitrogen and oxygen atoms in total. The first-order chi connectivity index (χ1) is 17.9. The van der Waals surface area contributed by atoms with Gasteiger partial charge in [0, 0.05) is 17.7 Å². The van der Waals surface area contributed by atoms with Gasteiger partial charge in [-0.2, -0.15) is 0 Å². The number of nitrogens with zero attached hydrogens (tertiary/aromatic N) is 1. The summed E-state index contributed by atoms with van der Waals surface area (Å²) in [4.78, 5) is 2.17. The average molecular weight is 514 g/mol. The van der Waals surface area contributed by atoms with E-state index in [-0.39, 0.29) is 0 Å². The standard InChI is InChI=1S/C31H32NO4P/c1-20-15-22(33-5)17-26(28(20)19-32(3)4)27-18-23(34-6)16-21(2)31(27)36-37-30-14-10-8-12-25(30)24-11-7-9-13-29(24)35-37/h7-18H,19H2,1-6H3. The van der Waals surface area contributed by atoms with Crippen molar-refractivity contribution in [1.29, 1.82) is 0 Å². The van der Waals surface area contributed by atoms with Gasteiger partial charge < -0.3 is 23.4 Å². The fourth-order valence-electron chi connectivity index (χ4n) is 4.77. The molecule has 1 heterocycles. The molecule has 0 aliphatic carbocycles. The summed E-state index contributed by atoms with van der Waals surface area (Å²) in [7, 11) is 6.14. The molecule has 0 bridgehead atoms. The molecule has 0 saturated heterocycles. The number of benzene rings is 4. The van der Waals surface area contributed by atoms with Gasteiger partial charge in [-0.15, -0.1) is 0 Å². The first kappa shape index (κ1) is 25.1. The van der Waals surface area contributed by atoms with Gasteiger partial charge in [0.15, 0.2) is 0 Å². The van der Waals surface area contributed by atoms with Crippen molar-refractivity contribution < 1.29 is 18.5 Å². The predicted octanol–water partition coefficient (Wildman–Crippen LogP) is 7.12. The van der Waals surface area contributed by atoms with Crippen molar-refractivity contribution in [2.75, 3.05) is 28.3 Å². The maximum absolute atomic E-state index is 6.86. The van der Waals surface area contributed by atoms with Crippen molar-refractivity contribution >= 4 is 13.7 Å². The highest BCUT2D eigenvalue weighted by Gasteiger charge is 2.31. The highest BCUT2D eigenvalue weighted by Crippen LogP contribution is 2.52. The van der Waals surface area contributed by atoms with E-state index in [4.69, 9.17) is 18.5 Å². The number of ether oxygens (including phenoxy) is 2. The molecule has 0 N–H and O–H groups in total. The zero-order valence-electron chi connectivity index (χ0n) is 22.2. The lowest BCUT2D eigenvalue weighted by atomic mass is 9.93. The molecule has 0 saturated carbocycles. The lowest BCUT2D eigenvalue weighted by Gasteiger charge is -2.29. The van der Waals surface area contributed by atoms with Crippen molar-refractivity contribution in [2.24, 2.45) is 0 Å². The number of rotatable bonds is 7. The molecule has 37 heavy (non-hydrogen) atoms. The Bertz CT molecular complexity index is 1450. The Kier molecular flexibility index (Phi) is 7.10. The molecule has 6 heteroatoms. The summed E-state index contributed by atoms with van der Waals surface area (Å²) >= 11 is 0. The highest BCUT2D eigenvalue weighted by molar-refractivity contribution is 7.57. The first-order valence-corrected chi connectivity index (χ1v) is 13.4. The molecular formula is C31H32NO4P. The second kappa shape index (κ2) is 10.5. The van der Waals surface area contributed by atoms with Gasteiger partial charge in [-0.25, -0.2) is 0 Å². The Hall–Kier alpha value is -3.53. The number of fused-ring (bicyclic) bond motifs is 3. The zero-order chi connectivity index (χ0) is 26.1. The van der Waals surface area contributed by atoms with E-state index in [1.807, 2.05) is 30.3 Å². The van der Waals surface area contributed by atoms with Crippen LogP contribution in [-0.2, 0) is 6.54 Å². The Morgan fingerprint density at radius 2 is 1.35 bits per heavy atom. The lowest BCUT2D eigenvalue weighted by Crippen LogP contribution is -2.18. The monoisotopic (exact) mass is 513 g/mol. The van der Waals surface area contributed by atoms with Crippen LogP contribution >= 0.6 is 8.38 Å². The third-order valence-corrected chi connectivity index (χ3v) is 8.06. The number of methoxy groups -OCH3 is 2. The molecule has 5 rings (SSSR count). The molecular weight excluding hydrogens is 481 g/mol. The minimum atomic E-state index is -1.41. The third-order valence-electron chi connectivity index (χ3n) is 6.56. The SMILES string of the molecule is COc1cc(C)c(CN(C)C)c(-c2cc(OC)cc(C)c2OP2Oc3ccccc3-c3ccccc32)c1. The van der Waals surface area contributed by atoms with Crippen molar-refractivity contribution in [1.82, 2.24) is 4.90 Å². The van der Waals surface area contributed by atoms with Crippen molar-refractivity contribution in [3.63, 3.8) is 0 Å². The van der Waals surface area contributed by atoms with Crippen LogP contribution in [0.5, 0.6) is 23.0 Å². The van der Waals surface area contributed by atoms with Crippen LogP contribution in [0.4, 0.5) is 0 Å². The van der Waals surface area contributed by atoms with Crippen LogP contribution in [-0.4, -0.2) is 33.2 Å². The largest absolute Gasteiger partial charge is 0.497 e. The molecule has 1 unspecified atom stereocenters. The van der Waals surface area contributed by atoms with E-state index in [1.165, 1.54) is 5.56 Å². The molecule has 1 aliphatic heterocycles. The number of para-hydroxylation sites is 1. The molecule has 1 aliphatic rings. The van der Waals surface area contributed by atoms with E-state index < -0.39 is 8.38 Å². The molecule has 4 aromatic rings. The van der Waals surface area contributed by atoms with Crippen LogP contribution in [0.1, 0.15) is 16.7 Å². The fourth-order valence-corrected chi connectivity index (χ4v) is 6.35. The molecule has 4 aromatic carbocycles. The van der Waals surface area contributed by atoms with Crippen LogP contribution in [0.3, 0.4) is 0 Å². The van der Waals surface area contributed by atoms with Gasteiger partial charge in [0.2, 0.25) is 0 Å². The Morgan fingerprint density at radius 3 is 2.05 bits per heavy atom. The molecule has 190 valence electrons. The first-order valence-electron chi connectivity index (χ1n) is 12.3. The van der Waals surface area contributed by atoms with Gasteiger partial charge in [0.1, 0.15) is 23.0 Å². The second-order valence-electron chi connectivity index (χ2n) is 9.48. The van der Waals surface area contributed by atoms with Crippen molar-refractivity contribution in [2.45, 2.75) is 20.4 Å². The van der Waals surface area contributed by atoms with Gasteiger partial charge in [0.05, 0.1) is 19.5 Å². The predicted molar refractivity (Wildman–Crippen MR) is 152 cm³/mol. The van der Waals surface area contributed by atoms with Crippen LogP contribution in [0.25, 0.3) is 22.3 Å². The van der Waals surface area contributed by atoms with Crippen LogP contribution < -0.4 is 23.8 Å². The maximum Gasteiger partial charge on any atom is 0.326 e. The summed E-state index contributed by atoms with van der Waals surface area (Å²) in [6.45, 7) is 4.96. The summed E-state index contributed by atoms with van der Waals surface area (Å²) < 4.78 is 24.7. The maximum atomic E-state index is 6.86. The van der Waals surface area contributed by atoms with E-state index in [2.05, 4.69) is 75.3 Å². The lowest BCUT2D eigenvalue weighted by molar-refractivity contribution is 0.399. The summed E-state index contributed by atoms with van der Waals surface area (Å²) in [5, 5.41) is 1.06. The van der Waals surface area contributed by atoms with Gasteiger partial charge in [-0.3, -0.25) is 0 Å².